The molecule has 76 valence electrons. The number of aromatic nitrogens is 2. The van der Waals surface area contributed by atoms with Crippen molar-refractivity contribution < 1.29 is 4.79 Å². The topological polar surface area (TPSA) is 34.9 Å². The summed E-state index contributed by atoms with van der Waals surface area (Å²) in [7, 11) is 1.88. The minimum absolute atomic E-state index is 0.0664. The molecule has 0 atom stereocenters. The number of rotatable bonds is 3. The van der Waals surface area contributed by atoms with E-state index in [1.54, 1.807) is 4.68 Å². The first-order valence-corrected chi connectivity index (χ1v) is 5.17. The molecule has 3 nitrogen and oxygen atoms in total. The summed E-state index contributed by atoms with van der Waals surface area (Å²) in [5.41, 5.74) is 1.86. The molecule has 0 N–H and O–H groups in total. The van der Waals surface area contributed by atoms with E-state index in [1.807, 2.05) is 27.1 Å². The molecule has 3 heteroatoms. The molecule has 1 aromatic rings. The van der Waals surface area contributed by atoms with E-state index in [4.69, 9.17) is 0 Å². The van der Waals surface area contributed by atoms with Gasteiger partial charge >= 0.3 is 0 Å². The molecule has 1 aliphatic rings. The highest BCUT2D eigenvalue weighted by molar-refractivity contribution is 5.98. The smallest absolute Gasteiger partial charge is 0.168 e. The lowest BCUT2D eigenvalue weighted by Crippen LogP contribution is -2.08. The van der Waals surface area contributed by atoms with E-state index < -0.39 is 0 Å². The highest BCUT2D eigenvalue weighted by Gasteiger charge is 2.31. The first-order chi connectivity index (χ1) is 6.59. The normalized spacial score (nSPS) is 16.3. The first-order valence-electron chi connectivity index (χ1n) is 5.17. The molecule has 1 saturated carbocycles. The van der Waals surface area contributed by atoms with Crippen molar-refractivity contribution >= 4 is 5.78 Å². The molecule has 0 spiro atoms. The Morgan fingerprint density at radius 2 is 2.21 bits per heavy atom. The molecule has 2 rings (SSSR count). The van der Waals surface area contributed by atoms with Crippen molar-refractivity contribution in [2.45, 2.75) is 32.6 Å². The Labute approximate surface area is 84.1 Å². The molecule has 1 aromatic heterocycles. The summed E-state index contributed by atoms with van der Waals surface area (Å²) in [5.74, 6) is 0.839. The van der Waals surface area contributed by atoms with E-state index in [0.29, 0.717) is 5.92 Å². The zero-order chi connectivity index (χ0) is 10.3. The van der Waals surface area contributed by atoms with Crippen LogP contribution in [0.5, 0.6) is 0 Å². The molecule has 1 fully saturated rings. The van der Waals surface area contributed by atoms with E-state index in [9.17, 15) is 4.79 Å². The van der Waals surface area contributed by atoms with Gasteiger partial charge in [0.25, 0.3) is 0 Å². The SMILES string of the molecule is CC(C)C(=O)c1cn(C)nc1C1CC1. The van der Waals surface area contributed by atoms with Crippen LogP contribution in [-0.2, 0) is 7.05 Å². The van der Waals surface area contributed by atoms with Gasteiger partial charge in [-0.15, -0.1) is 0 Å². The third-order valence-electron chi connectivity index (χ3n) is 2.61. The minimum Gasteiger partial charge on any atom is -0.294 e. The molecule has 0 amide bonds. The van der Waals surface area contributed by atoms with Gasteiger partial charge in [0.15, 0.2) is 5.78 Å². The van der Waals surface area contributed by atoms with E-state index >= 15 is 0 Å². The summed E-state index contributed by atoms with van der Waals surface area (Å²) < 4.78 is 1.75. The van der Waals surface area contributed by atoms with Crippen molar-refractivity contribution in [2.75, 3.05) is 0 Å². The lowest BCUT2D eigenvalue weighted by molar-refractivity contribution is 0.0938. The lowest BCUT2D eigenvalue weighted by atomic mass is 10.0. The largest absolute Gasteiger partial charge is 0.294 e. The zero-order valence-corrected chi connectivity index (χ0v) is 8.95. The van der Waals surface area contributed by atoms with Gasteiger partial charge in [-0.3, -0.25) is 9.48 Å². The van der Waals surface area contributed by atoms with Crippen molar-refractivity contribution in [1.29, 1.82) is 0 Å². The Morgan fingerprint density at radius 1 is 1.57 bits per heavy atom. The monoisotopic (exact) mass is 192 g/mol. The average molecular weight is 192 g/mol. The van der Waals surface area contributed by atoms with Crippen LogP contribution < -0.4 is 0 Å². The van der Waals surface area contributed by atoms with Gasteiger partial charge in [-0.1, -0.05) is 13.8 Å². The van der Waals surface area contributed by atoms with Gasteiger partial charge in [-0.2, -0.15) is 5.10 Å². The summed E-state index contributed by atoms with van der Waals surface area (Å²) in [6, 6.07) is 0. The fourth-order valence-corrected chi connectivity index (χ4v) is 1.66. The van der Waals surface area contributed by atoms with Gasteiger partial charge < -0.3 is 0 Å². The number of nitrogens with zero attached hydrogens (tertiary/aromatic N) is 2. The molecule has 0 bridgehead atoms. The van der Waals surface area contributed by atoms with Crippen LogP contribution >= 0.6 is 0 Å². The predicted molar refractivity (Wildman–Crippen MR) is 54.4 cm³/mol. The zero-order valence-electron chi connectivity index (χ0n) is 8.95. The Balaban J connectivity index is 2.35. The molecule has 0 unspecified atom stereocenters. The molecule has 0 radical (unpaired) electrons. The Hall–Kier alpha value is -1.12. The van der Waals surface area contributed by atoms with Crippen LogP contribution in [0.1, 0.15) is 48.7 Å². The van der Waals surface area contributed by atoms with Crippen LogP contribution in [0.4, 0.5) is 0 Å². The van der Waals surface area contributed by atoms with E-state index in [1.165, 1.54) is 12.8 Å². The predicted octanol–water partition coefficient (Wildman–Crippen LogP) is 2.14. The maximum absolute atomic E-state index is 11.9. The van der Waals surface area contributed by atoms with Crippen LogP contribution in [-0.4, -0.2) is 15.6 Å². The number of carbonyl (C=O) groups is 1. The molecule has 0 aromatic carbocycles. The Morgan fingerprint density at radius 3 is 2.71 bits per heavy atom. The fraction of sp³-hybridized carbons (Fsp3) is 0.636. The van der Waals surface area contributed by atoms with Gasteiger partial charge in [0.2, 0.25) is 0 Å². The number of carbonyl (C=O) groups excluding carboxylic acids is 1. The second-order valence-electron chi connectivity index (χ2n) is 4.39. The maximum Gasteiger partial charge on any atom is 0.168 e. The average Bonchev–Trinajstić information content (AvgIpc) is 2.88. The molecule has 0 saturated heterocycles. The van der Waals surface area contributed by atoms with Crippen LogP contribution in [0.25, 0.3) is 0 Å². The Kier molecular flexibility index (Phi) is 2.17. The molecule has 1 heterocycles. The highest BCUT2D eigenvalue weighted by atomic mass is 16.1. The van der Waals surface area contributed by atoms with Crippen molar-refractivity contribution in [3.8, 4) is 0 Å². The van der Waals surface area contributed by atoms with Gasteiger partial charge in [0.1, 0.15) is 0 Å². The number of aryl methyl sites for hydroxylation is 1. The van der Waals surface area contributed by atoms with E-state index in [2.05, 4.69) is 5.10 Å². The van der Waals surface area contributed by atoms with Crippen molar-refractivity contribution in [1.82, 2.24) is 9.78 Å². The van der Waals surface area contributed by atoms with Crippen LogP contribution in [0.15, 0.2) is 6.20 Å². The number of Topliss-reactive ketones (excluding diaryl/α,β-unsaturated/α-hetero) is 1. The van der Waals surface area contributed by atoms with Gasteiger partial charge in [0, 0.05) is 25.1 Å². The summed E-state index contributed by atoms with van der Waals surface area (Å²) in [4.78, 5) is 11.9. The first kappa shape index (κ1) is 9.44. The molecule has 0 aliphatic heterocycles. The summed E-state index contributed by atoms with van der Waals surface area (Å²) in [6.07, 6.45) is 4.24. The summed E-state index contributed by atoms with van der Waals surface area (Å²) in [5, 5.41) is 4.37. The maximum atomic E-state index is 11.9. The fourth-order valence-electron chi connectivity index (χ4n) is 1.66. The summed E-state index contributed by atoms with van der Waals surface area (Å²) in [6.45, 7) is 3.87. The van der Waals surface area contributed by atoms with Gasteiger partial charge in [0.05, 0.1) is 11.3 Å². The van der Waals surface area contributed by atoms with E-state index in [-0.39, 0.29) is 11.7 Å². The molecular weight excluding hydrogens is 176 g/mol. The second kappa shape index (κ2) is 3.23. The standard InChI is InChI=1S/C11H16N2O/c1-7(2)11(14)9-6-13(3)12-10(9)8-4-5-8/h6-8H,4-5H2,1-3H3. The van der Waals surface area contributed by atoms with Crippen LogP contribution in [0.3, 0.4) is 0 Å². The lowest BCUT2D eigenvalue weighted by Gasteiger charge is -2.02. The molecular formula is C11H16N2O. The highest BCUT2D eigenvalue weighted by Crippen LogP contribution is 2.41. The second-order valence-corrected chi connectivity index (χ2v) is 4.39. The third kappa shape index (κ3) is 1.59. The van der Waals surface area contributed by atoms with E-state index in [0.717, 1.165) is 11.3 Å². The minimum atomic E-state index is 0.0664. The van der Waals surface area contributed by atoms with Crippen molar-refractivity contribution in [3.63, 3.8) is 0 Å². The quantitative estimate of drug-likeness (QED) is 0.688. The number of hydrogen-bond donors (Lipinski definition) is 0. The third-order valence-corrected chi connectivity index (χ3v) is 2.61. The van der Waals surface area contributed by atoms with Crippen LogP contribution in [0, 0.1) is 5.92 Å². The number of ketones is 1. The number of hydrogen-bond acceptors (Lipinski definition) is 2. The summed E-state index contributed by atoms with van der Waals surface area (Å²) >= 11 is 0. The van der Waals surface area contributed by atoms with Crippen molar-refractivity contribution in [2.24, 2.45) is 13.0 Å². The van der Waals surface area contributed by atoms with Gasteiger partial charge in [-0.25, -0.2) is 0 Å². The molecule has 1 aliphatic carbocycles. The molecule has 14 heavy (non-hydrogen) atoms. The van der Waals surface area contributed by atoms with Crippen LogP contribution in [0.2, 0.25) is 0 Å². The van der Waals surface area contributed by atoms with Gasteiger partial charge in [-0.05, 0) is 12.8 Å². The Bertz CT molecular complexity index is 361. The van der Waals surface area contributed by atoms with Crippen molar-refractivity contribution in [3.05, 3.63) is 17.5 Å².